The van der Waals surface area contributed by atoms with Gasteiger partial charge in [-0.2, -0.15) is 0 Å². The lowest BCUT2D eigenvalue weighted by Crippen LogP contribution is -2.23. The Morgan fingerprint density at radius 3 is 2.81 bits per heavy atom. The molecule has 0 aromatic carbocycles. The molecule has 0 radical (unpaired) electrons. The number of halogens is 2. The first-order chi connectivity index (χ1) is 7.26. The number of pyridine rings is 1. The molecule has 1 aromatic rings. The van der Waals surface area contributed by atoms with E-state index >= 15 is 0 Å². The molecule has 1 saturated carbocycles. The smallest absolute Gasteiger partial charge is 0.133 e. The van der Waals surface area contributed by atoms with Gasteiger partial charge in [0, 0.05) is 24.8 Å². The topological polar surface area (TPSA) is 24.9 Å². The Hall–Kier alpha value is -0.310. The van der Waals surface area contributed by atoms with Gasteiger partial charge in [-0.15, -0.1) is 12.4 Å². The maximum Gasteiger partial charge on any atom is 0.133 e. The molecule has 1 aliphatic carbocycles. The van der Waals surface area contributed by atoms with Crippen LogP contribution in [0.4, 0.5) is 0 Å². The predicted octanol–water partition coefficient (Wildman–Crippen LogP) is 3.44. The van der Waals surface area contributed by atoms with Gasteiger partial charge < -0.3 is 5.32 Å². The molecule has 90 valence electrons. The molecule has 0 amide bonds. The minimum Gasteiger partial charge on any atom is -0.312 e. The van der Waals surface area contributed by atoms with Crippen molar-refractivity contribution in [2.75, 3.05) is 6.54 Å². The lowest BCUT2D eigenvalue weighted by atomic mass is 10.0. The molecule has 1 heterocycles. The molecule has 4 heteroatoms. The summed E-state index contributed by atoms with van der Waals surface area (Å²) >= 11 is 5.97. The van der Waals surface area contributed by atoms with E-state index in [9.17, 15) is 0 Å². The van der Waals surface area contributed by atoms with Crippen molar-refractivity contribution in [3.63, 3.8) is 0 Å². The second-order valence-corrected chi connectivity index (χ2v) is 4.77. The number of hydrogen-bond donors (Lipinski definition) is 1. The van der Waals surface area contributed by atoms with E-state index in [0.29, 0.717) is 10.6 Å². The minimum absolute atomic E-state index is 0. The van der Waals surface area contributed by atoms with Gasteiger partial charge in [-0.3, -0.25) is 0 Å². The van der Waals surface area contributed by atoms with Crippen molar-refractivity contribution in [1.82, 2.24) is 10.3 Å². The molecule has 1 fully saturated rings. The van der Waals surface area contributed by atoms with Crippen LogP contribution < -0.4 is 5.32 Å². The molecule has 2 nitrogen and oxygen atoms in total. The third kappa shape index (κ3) is 3.34. The molecular weight excluding hydrogens is 243 g/mol. The van der Waals surface area contributed by atoms with E-state index in [-0.39, 0.29) is 12.4 Å². The second-order valence-electron chi connectivity index (χ2n) is 4.41. The highest BCUT2D eigenvalue weighted by Gasteiger charge is 2.39. The van der Waals surface area contributed by atoms with Crippen LogP contribution in [0.25, 0.3) is 0 Å². The normalized spacial score (nSPS) is 16.6. The lowest BCUT2D eigenvalue weighted by Gasteiger charge is -2.13. The van der Waals surface area contributed by atoms with Crippen LogP contribution in [0.1, 0.15) is 31.7 Å². The Morgan fingerprint density at radius 1 is 1.50 bits per heavy atom. The van der Waals surface area contributed by atoms with E-state index in [1.54, 1.807) is 6.20 Å². The molecule has 0 atom stereocenters. The molecule has 0 saturated heterocycles. The van der Waals surface area contributed by atoms with Gasteiger partial charge in [-0.05, 0) is 30.7 Å². The van der Waals surface area contributed by atoms with Crippen molar-refractivity contribution in [2.45, 2.75) is 32.7 Å². The van der Waals surface area contributed by atoms with Crippen LogP contribution in [0.2, 0.25) is 5.15 Å². The molecule has 0 unspecified atom stereocenters. The fourth-order valence-corrected chi connectivity index (χ4v) is 2.03. The van der Waals surface area contributed by atoms with E-state index in [0.717, 1.165) is 18.7 Å². The van der Waals surface area contributed by atoms with E-state index < -0.39 is 0 Å². The molecule has 0 spiro atoms. The lowest BCUT2D eigenvalue weighted by molar-refractivity contribution is 0.443. The predicted molar refractivity (Wildman–Crippen MR) is 70.2 cm³/mol. The van der Waals surface area contributed by atoms with Crippen LogP contribution in [-0.2, 0) is 6.54 Å². The maximum absolute atomic E-state index is 5.97. The van der Waals surface area contributed by atoms with Gasteiger partial charge in [-0.25, -0.2) is 4.98 Å². The Bertz CT molecular complexity index is 338. The molecule has 1 N–H and O–H groups in total. The number of aromatic nitrogens is 1. The zero-order chi connectivity index (χ0) is 10.7. The van der Waals surface area contributed by atoms with E-state index in [1.807, 2.05) is 12.1 Å². The largest absolute Gasteiger partial charge is 0.312 e. The molecular formula is C12H18Cl2N2. The Morgan fingerprint density at radius 2 is 2.25 bits per heavy atom. The average Bonchev–Trinajstić information content (AvgIpc) is 3.02. The summed E-state index contributed by atoms with van der Waals surface area (Å²) in [6.07, 6.45) is 5.75. The summed E-state index contributed by atoms with van der Waals surface area (Å²) < 4.78 is 0. The first-order valence-corrected chi connectivity index (χ1v) is 5.94. The molecule has 2 rings (SSSR count). The van der Waals surface area contributed by atoms with E-state index in [2.05, 4.69) is 17.2 Å². The molecule has 0 bridgehead atoms. The highest BCUT2D eigenvalue weighted by molar-refractivity contribution is 6.30. The van der Waals surface area contributed by atoms with Crippen LogP contribution in [0.5, 0.6) is 0 Å². The van der Waals surface area contributed by atoms with Crippen molar-refractivity contribution < 1.29 is 0 Å². The Labute approximate surface area is 108 Å². The number of rotatable bonds is 5. The average molecular weight is 261 g/mol. The van der Waals surface area contributed by atoms with Gasteiger partial charge >= 0.3 is 0 Å². The number of nitrogens with one attached hydrogen (secondary N) is 1. The highest BCUT2D eigenvalue weighted by Crippen LogP contribution is 2.47. The van der Waals surface area contributed by atoms with Crippen molar-refractivity contribution in [2.24, 2.45) is 5.41 Å². The fourth-order valence-electron chi connectivity index (χ4n) is 1.85. The van der Waals surface area contributed by atoms with Gasteiger partial charge in [0.1, 0.15) is 5.15 Å². The van der Waals surface area contributed by atoms with Gasteiger partial charge in [-0.1, -0.05) is 24.6 Å². The summed E-state index contributed by atoms with van der Waals surface area (Å²) in [5.74, 6) is 0. The molecule has 0 aliphatic heterocycles. The highest BCUT2D eigenvalue weighted by atomic mass is 35.5. The second kappa shape index (κ2) is 5.85. The first-order valence-electron chi connectivity index (χ1n) is 5.56. The van der Waals surface area contributed by atoms with E-state index in [4.69, 9.17) is 11.6 Å². The summed E-state index contributed by atoms with van der Waals surface area (Å²) in [4.78, 5) is 4.06. The maximum atomic E-state index is 5.97. The van der Waals surface area contributed by atoms with Crippen LogP contribution in [0.15, 0.2) is 18.3 Å². The zero-order valence-corrected chi connectivity index (χ0v) is 11.1. The number of nitrogens with zero attached hydrogens (tertiary/aromatic N) is 1. The summed E-state index contributed by atoms with van der Waals surface area (Å²) in [6, 6.07) is 3.95. The Balaban J connectivity index is 0.00000128. The van der Waals surface area contributed by atoms with Crippen molar-refractivity contribution in [3.05, 3.63) is 29.0 Å². The van der Waals surface area contributed by atoms with Crippen LogP contribution in [0.3, 0.4) is 0 Å². The van der Waals surface area contributed by atoms with Crippen LogP contribution in [0, 0.1) is 5.41 Å². The molecule has 16 heavy (non-hydrogen) atoms. The van der Waals surface area contributed by atoms with Crippen LogP contribution >= 0.6 is 24.0 Å². The van der Waals surface area contributed by atoms with Gasteiger partial charge in [0.05, 0.1) is 0 Å². The van der Waals surface area contributed by atoms with Crippen molar-refractivity contribution >= 4 is 24.0 Å². The summed E-state index contributed by atoms with van der Waals surface area (Å²) in [5.41, 5.74) is 1.68. The first kappa shape index (κ1) is 13.8. The fraction of sp³-hybridized carbons (Fsp3) is 0.583. The summed E-state index contributed by atoms with van der Waals surface area (Å²) in [5, 5.41) is 4.09. The third-order valence-corrected chi connectivity index (χ3v) is 3.70. The zero-order valence-electron chi connectivity index (χ0n) is 9.50. The number of hydrogen-bond acceptors (Lipinski definition) is 2. The Kier molecular flexibility index (Phi) is 5.03. The van der Waals surface area contributed by atoms with Gasteiger partial charge in [0.15, 0.2) is 0 Å². The minimum atomic E-state index is 0. The van der Waals surface area contributed by atoms with Crippen molar-refractivity contribution in [3.8, 4) is 0 Å². The monoisotopic (exact) mass is 260 g/mol. The third-order valence-electron chi connectivity index (χ3n) is 3.36. The summed E-state index contributed by atoms with van der Waals surface area (Å²) in [6.45, 7) is 4.20. The van der Waals surface area contributed by atoms with Crippen molar-refractivity contribution in [1.29, 1.82) is 0 Å². The van der Waals surface area contributed by atoms with E-state index in [1.165, 1.54) is 19.3 Å². The quantitative estimate of drug-likeness (QED) is 0.821. The molecule has 1 aliphatic rings. The van der Waals surface area contributed by atoms with Gasteiger partial charge in [0.2, 0.25) is 0 Å². The standard InChI is InChI=1S/C12H17ClN2.ClH/c1-2-12(5-6-12)9-14-8-10-4-3-7-15-11(10)13;/h3-4,7,14H,2,5-6,8-9H2,1H3;1H. The molecule has 1 aromatic heterocycles. The van der Waals surface area contributed by atoms with Gasteiger partial charge in [0.25, 0.3) is 0 Å². The van der Waals surface area contributed by atoms with Crippen LogP contribution in [-0.4, -0.2) is 11.5 Å². The SMILES string of the molecule is CCC1(CNCc2cccnc2Cl)CC1.Cl. The summed E-state index contributed by atoms with van der Waals surface area (Å²) in [7, 11) is 0.